The highest BCUT2D eigenvalue weighted by molar-refractivity contribution is 5.96. The number of carbonyl (C=O) groups is 1. The Balaban J connectivity index is 2.73. The van der Waals surface area contributed by atoms with Crippen LogP contribution in [0.2, 0.25) is 0 Å². The smallest absolute Gasteiger partial charge is 0.328 e. The predicted octanol–water partition coefficient (Wildman–Crippen LogP) is 4.37. The molecule has 3 heteroatoms. The summed E-state index contributed by atoms with van der Waals surface area (Å²) in [5.74, 6) is 0. The van der Waals surface area contributed by atoms with Crippen LogP contribution in [0.1, 0.15) is 32.4 Å². The molecule has 1 amide bonds. The lowest BCUT2D eigenvalue weighted by molar-refractivity contribution is 0.220. The zero-order chi connectivity index (χ0) is 14.7. The zero-order valence-corrected chi connectivity index (χ0v) is 12.7. The molecule has 3 nitrogen and oxygen atoms in total. The molecule has 0 fully saturated rings. The largest absolute Gasteiger partial charge is 0.330 e. The van der Waals surface area contributed by atoms with Gasteiger partial charge in [0.2, 0.25) is 0 Å². The summed E-state index contributed by atoms with van der Waals surface area (Å²) in [7, 11) is 3.58. The van der Waals surface area contributed by atoms with E-state index in [0.717, 1.165) is 29.4 Å². The lowest BCUT2D eigenvalue weighted by Crippen LogP contribution is -2.28. The van der Waals surface area contributed by atoms with Gasteiger partial charge < -0.3 is 4.90 Å². The van der Waals surface area contributed by atoms with Crippen molar-refractivity contribution < 1.29 is 4.79 Å². The molecule has 0 aliphatic carbocycles. The predicted molar refractivity (Wildman–Crippen MR) is 85.0 cm³/mol. The zero-order valence-electron chi connectivity index (χ0n) is 12.7. The molecule has 0 aliphatic heterocycles. The average Bonchev–Trinajstić information content (AvgIpc) is 2.82. The Morgan fingerprint density at radius 1 is 1.25 bits per heavy atom. The number of aromatic nitrogens is 1. The molecular weight excluding hydrogens is 248 g/mol. The Labute approximate surface area is 120 Å². The molecule has 0 atom stereocenters. The Hall–Kier alpha value is -2.03. The van der Waals surface area contributed by atoms with E-state index in [2.05, 4.69) is 32.1 Å². The van der Waals surface area contributed by atoms with Crippen molar-refractivity contribution in [3.8, 4) is 0 Å². The van der Waals surface area contributed by atoms with E-state index in [4.69, 9.17) is 0 Å². The Kier molecular flexibility index (Phi) is 4.28. The van der Waals surface area contributed by atoms with E-state index in [1.165, 1.54) is 5.57 Å². The van der Waals surface area contributed by atoms with Crippen LogP contribution < -0.4 is 0 Å². The molecule has 2 rings (SSSR count). The van der Waals surface area contributed by atoms with Crippen LogP contribution in [-0.4, -0.2) is 29.6 Å². The van der Waals surface area contributed by atoms with Gasteiger partial charge in [-0.15, -0.1) is 0 Å². The van der Waals surface area contributed by atoms with Crippen molar-refractivity contribution in [2.24, 2.45) is 0 Å². The van der Waals surface area contributed by atoms with Gasteiger partial charge in [-0.2, -0.15) is 0 Å². The minimum atomic E-state index is -0.00310. The van der Waals surface area contributed by atoms with Crippen LogP contribution in [0.25, 0.3) is 16.5 Å². The summed E-state index contributed by atoms with van der Waals surface area (Å²) in [6, 6.07) is 10.1. The molecule has 20 heavy (non-hydrogen) atoms. The van der Waals surface area contributed by atoms with Crippen molar-refractivity contribution in [1.82, 2.24) is 9.47 Å². The molecule has 2 aromatic rings. The molecule has 106 valence electrons. The van der Waals surface area contributed by atoms with Crippen molar-refractivity contribution >= 4 is 22.5 Å². The van der Waals surface area contributed by atoms with Crippen LogP contribution in [0, 0.1) is 0 Å². The minimum Gasteiger partial charge on any atom is -0.330 e. The summed E-state index contributed by atoms with van der Waals surface area (Å²) in [5, 5.41) is 1.10. The van der Waals surface area contributed by atoms with E-state index >= 15 is 0 Å². The number of benzene rings is 1. The van der Waals surface area contributed by atoms with Gasteiger partial charge in [0, 0.05) is 19.5 Å². The number of hydrogen-bond acceptors (Lipinski definition) is 1. The van der Waals surface area contributed by atoms with Crippen LogP contribution in [0.3, 0.4) is 0 Å². The number of nitrogens with zero attached hydrogens (tertiary/aromatic N) is 2. The topological polar surface area (TPSA) is 25.2 Å². The van der Waals surface area contributed by atoms with Crippen molar-refractivity contribution in [2.45, 2.75) is 26.7 Å². The van der Waals surface area contributed by atoms with Crippen molar-refractivity contribution in [1.29, 1.82) is 0 Å². The first-order chi connectivity index (χ1) is 9.60. The van der Waals surface area contributed by atoms with Gasteiger partial charge in [-0.05, 0) is 30.5 Å². The van der Waals surface area contributed by atoms with Gasteiger partial charge >= 0.3 is 6.03 Å². The van der Waals surface area contributed by atoms with Gasteiger partial charge in [0.15, 0.2) is 0 Å². The normalized spacial score (nSPS) is 11.9. The maximum absolute atomic E-state index is 12.5. The summed E-state index contributed by atoms with van der Waals surface area (Å²) in [4.78, 5) is 14.1. The number of rotatable bonds is 3. The van der Waals surface area contributed by atoms with Crippen LogP contribution in [0.15, 0.2) is 36.4 Å². The van der Waals surface area contributed by atoms with E-state index in [1.54, 1.807) is 19.0 Å². The highest BCUT2D eigenvalue weighted by atomic mass is 16.2. The molecule has 0 bridgehead atoms. The van der Waals surface area contributed by atoms with Crippen LogP contribution in [0.5, 0.6) is 0 Å². The standard InChI is InChI=1S/C17H22N2O/c1-5-9-13(6-2)16-12-14-10-7-8-11-15(14)19(16)17(20)18(3)4/h7-12H,5-6H2,1-4H3/b13-9+. The monoisotopic (exact) mass is 270 g/mol. The third-order valence-corrected chi connectivity index (χ3v) is 3.45. The summed E-state index contributed by atoms with van der Waals surface area (Å²) in [6.45, 7) is 4.25. The molecule has 1 heterocycles. The highest BCUT2D eigenvalue weighted by Crippen LogP contribution is 2.27. The third-order valence-electron chi connectivity index (χ3n) is 3.45. The first-order valence-corrected chi connectivity index (χ1v) is 7.11. The molecule has 0 N–H and O–H groups in total. The van der Waals surface area contributed by atoms with E-state index in [9.17, 15) is 4.79 Å². The molecule has 0 radical (unpaired) electrons. The van der Waals surface area contributed by atoms with E-state index in [0.29, 0.717) is 0 Å². The van der Waals surface area contributed by atoms with Gasteiger partial charge in [-0.1, -0.05) is 38.1 Å². The molecule has 0 saturated carbocycles. The molecule has 0 unspecified atom stereocenters. The summed E-state index contributed by atoms with van der Waals surface area (Å²) < 4.78 is 1.82. The van der Waals surface area contributed by atoms with E-state index in [1.807, 2.05) is 22.8 Å². The van der Waals surface area contributed by atoms with Gasteiger partial charge in [-0.3, -0.25) is 4.57 Å². The summed E-state index contributed by atoms with van der Waals surface area (Å²) in [6.07, 6.45) is 4.10. The Morgan fingerprint density at radius 3 is 2.55 bits per heavy atom. The second-order valence-corrected chi connectivity index (χ2v) is 5.09. The number of amides is 1. The van der Waals surface area contributed by atoms with Gasteiger partial charge in [-0.25, -0.2) is 4.79 Å². The maximum Gasteiger partial charge on any atom is 0.328 e. The second kappa shape index (κ2) is 5.95. The second-order valence-electron chi connectivity index (χ2n) is 5.09. The van der Waals surface area contributed by atoms with E-state index in [-0.39, 0.29) is 6.03 Å². The summed E-state index contributed by atoms with van der Waals surface area (Å²) >= 11 is 0. The van der Waals surface area contributed by atoms with Crippen molar-refractivity contribution in [3.05, 3.63) is 42.1 Å². The van der Waals surface area contributed by atoms with Crippen molar-refractivity contribution in [3.63, 3.8) is 0 Å². The summed E-state index contributed by atoms with van der Waals surface area (Å²) in [5.41, 5.74) is 3.20. The average molecular weight is 270 g/mol. The fourth-order valence-electron chi connectivity index (χ4n) is 2.47. The third kappa shape index (κ3) is 2.48. The quantitative estimate of drug-likeness (QED) is 0.812. The number of fused-ring (bicyclic) bond motifs is 1. The fraction of sp³-hybridized carbons (Fsp3) is 0.353. The Morgan fingerprint density at radius 2 is 1.95 bits per heavy atom. The van der Waals surface area contributed by atoms with Crippen LogP contribution in [0.4, 0.5) is 4.79 Å². The molecular formula is C17H22N2O. The lowest BCUT2D eigenvalue weighted by Gasteiger charge is -2.16. The number of carbonyl (C=O) groups excluding carboxylic acids is 1. The lowest BCUT2D eigenvalue weighted by atomic mass is 10.1. The molecule has 1 aromatic heterocycles. The highest BCUT2D eigenvalue weighted by Gasteiger charge is 2.17. The first kappa shape index (κ1) is 14.4. The SMILES string of the molecule is CC/C=C(\CC)c1cc2ccccc2n1C(=O)N(C)C. The fourth-order valence-corrected chi connectivity index (χ4v) is 2.47. The van der Waals surface area contributed by atoms with Gasteiger partial charge in [0.05, 0.1) is 11.2 Å². The molecule has 0 aliphatic rings. The number of para-hydroxylation sites is 1. The van der Waals surface area contributed by atoms with Gasteiger partial charge in [0.25, 0.3) is 0 Å². The first-order valence-electron chi connectivity index (χ1n) is 7.11. The molecule has 1 aromatic carbocycles. The number of allylic oxidation sites excluding steroid dienone is 2. The van der Waals surface area contributed by atoms with Crippen molar-refractivity contribution in [2.75, 3.05) is 14.1 Å². The van der Waals surface area contributed by atoms with E-state index < -0.39 is 0 Å². The minimum absolute atomic E-state index is 0.00310. The Bertz CT molecular complexity index is 650. The number of hydrogen-bond donors (Lipinski definition) is 0. The maximum atomic E-state index is 12.5. The van der Waals surface area contributed by atoms with Gasteiger partial charge in [0.1, 0.15) is 0 Å². The van der Waals surface area contributed by atoms with Crippen LogP contribution >= 0.6 is 0 Å². The molecule has 0 saturated heterocycles. The van der Waals surface area contributed by atoms with Crippen LogP contribution in [-0.2, 0) is 0 Å². The molecule has 0 spiro atoms.